The van der Waals surface area contributed by atoms with E-state index in [-0.39, 0.29) is 99.0 Å². The number of nitrogens with zero attached hydrogens (tertiary/aromatic N) is 2. The maximum atomic E-state index is 16.2. The van der Waals surface area contributed by atoms with Gasteiger partial charge < -0.3 is 93.7 Å². The number of rotatable bonds is 16. The lowest BCUT2D eigenvalue weighted by Crippen LogP contribution is -2.64. The SMILES string of the molecule is COc1ccc(C[C@@H]2NC(=O)[C@H]([C@@H](C)O)NC(=O)[C@@H]3C[C@H](F)CN3C(=O)[C@H](Cc3c[nH]c4ccc(F)cc34)NC(=O)[C@H](Cc3c[nH]c4ccc(F)cc34)NC(=O)[C@@H](C)NC(=O)[C@H](CCCCN)NC(=O)[C@@H](NC(=O)CC(C)C)CC(=O)NCCOc3ccc(cc3)C[C@@H](C(N)=O)NC(=O)[C@]3(C)CCCN3C2=O)cc1. The van der Waals surface area contributed by atoms with Crippen molar-refractivity contribution in [2.75, 3.05) is 39.9 Å². The summed E-state index contributed by atoms with van der Waals surface area (Å²) in [6.07, 6.45) is -2.44. The van der Waals surface area contributed by atoms with Crippen molar-refractivity contribution < 1.29 is 85.3 Å². The molecule has 4 aliphatic rings. The molecule has 0 spiro atoms. The number of aromatic amines is 2. The van der Waals surface area contributed by atoms with E-state index in [9.17, 15) is 48.3 Å². The number of carbonyl (C=O) groups is 12. The minimum Gasteiger partial charge on any atom is -0.497 e. The Hall–Kier alpha value is -11.1. The summed E-state index contributed by atoms with van der Waals surface area (Å²) in [6.45, 7) is 6.66. The third kappa shape index (κ3) is 21.4. The predicted molar refractivity (Wildman–Crippen MR) is 393 cm³/mol. The summed E-state index contributed by atoms with van der Waals surface area (Å²) in [5.74, 6) is -11.8. The van der Waals surface area contributed by atoms with Crippen LogP contribution in [0.3, 0.4) is 0 Å². The monoisotopic (exact) mass is 1520 g/mol. The van der Waals surface area contributed by atoms with Gasteiger partial charge in [-0.05, 0) is 148 Å². The number of alkyl halides is 1. The molecule has 0 unspecified atom stereocenters. The van der Waals surface area contributed by atoms with Crippen LogP contribution in [0.25, 0.3) is 21.8 Å². The van der Waals surface area contributed by atoms with Crippen molar-refractivity contribution in [3.05, 3.63) is 131 Å². The van der Waals surface area contributed by atoms with Crippen LogP contribution in [0.1, 0.15) is 108 Å². The molecule has 586 valence electrons. The summed E-state index contributed by atoms with van der Waals surface area (Å²) in [6, 6.07) is 5.83. The average Bonchev–Trinajstić information content (AvgIpc) is 1.69. The van der Waals surface area contributed by atoms with Gasteiger partial charge >= 0.3 is 0 Å². The van der Waals surface area contributed by atoms with Gasteiger partial charge in [-0.3, -0.25) is 57.5 Å². The Morgan fingerprint density at radius 2 is 1.31 bits per heavy atom. The van der Waals surface area contributed by atoms with Crippen molar-refractivity contribution in [1.29, 1.82) is 0 Å². The van der Waals surface area contributed by atoms with Crippen molar-refractivity contribution in [1.82, 2.24) is 67.6 Å². The van der Waals surface area contributed by atoms with Gasteiger partial charge in [-0.25, -0.2) is 13.2 Å². The zero-order chi connectivity index (χ0) is 79.0. The zero-order valence-electron chi connectivity index (χ0n) is 61.5. The van der Waals surface area contributed by atoms with E-state index in [0.717, 1.165) is 17.9 Å². The van der Waals surface area contributed by atoms with Crippen molar-refractivity contribution in [3.8, 4) is 11.5 Å². The molecule has 2 bridgehead atoms. The Bertz CT molecular complexity index is 4310. The molecule has 2 saturated heterocycles. The van der Waals surface area contributed by atoms with E-state index in [1.807, 2.05) is 0 Å². The van der Waals surface area contributed by atoms with E-state index >= 15 is 27.6 Å². The number of nitrogens with one attached hydrogen (secondary N) is 11. The molecular formula is C76H96F3N15O15. The molecule has 6 aromatic rings. The summed E-state index contributed by atoms with van der Waals surface area (Å²) in [7, 11) is 1.45. The summed E-state index contributed by atoms with van der Waals surface area (Å²) in [5, 5.41) is 35.5. The average molecular weight is 1520 g/mol. The number of amides is 12. The number of nitrogens with two attached hydrogens (primary N) is 2. The van der Waals surface area contributed by atoms with Crippen LogP contribution in [0.4, 0.5) is 13.2 Å². The number of aromatic nitrogens is 2. The van der Waals surface area contributed by atoms with Gasteiger partial charge in [0.05, 0.1) is 32.7 Å². The largest absolute Gasteiger partial charge is 0.497 e. The van der Waals surface area contributed by atoms with Crippen LogP contribution in [0.15, 0.2) is 97.3 Å². The molecule has 0 radical (unpaired) electrons. The minimum atomic E-state index is -1.93. The predicted octanol–water partition coefficient (Wildman–Crippen LogP) is 1.36. The lowest BCUT2D eigenvalue weighted by Gasteiger charge is -2.37. The van der Waals surface area contributed by atoms with E-state index in [1.54, 1.807) is 62.4 Å². The number of unbranched alkanes of at least 4 members (excludes halogenated alkanes) is 1. The summed E-state index contributed by atoms with van der Waals surface area (Å²) in [4.78, 5) is 182. The van der Waals surface area contributed by atoms with Crippen LogP contribution >= 0.6 is 0 Å². The number of methoxy groups -OCH3 is 1. The first kappa shape index (κ1) is 82.0. The molecule has 10 rings (SSSR count). The standard InChI is InChI=1S/C76H96F3N15O15/c1-40(2)28-64(97)86-59-36-63(96)82-25-27-109-51-19-13-43(14-20-51)29-57(66(81)98)91-75(107)76(5)23-9-26-94(76)74(106)60(30-44-11-17-50(108-6)18-12-44)90-72(104)65(42(4)95)92-71(103)62-35-49(79)39-93(62)73(105)61(32-46-38-84-55-22-16-48(78)34-53(46)55)89-69(101)58(31-45-37-83-54-21-15-47(77)33-52(45)54)88-67(99)41(3)85-68(100)56(87-70(59)102)10-7-8-24-80/h11-22,33-34,37-38,40-42,49,56-62,65,83-84,95H,7-10,23-32,35-36,39,80H2,1-6H3,(H2,81,98)(H,82,96)(H,85,100)(H,86,97)(H,87,102)(H,88,99)(H,89,101)(H,90,104)(H,91,107)(H,92,103)/t41-,42-,49+,56+,57+,58+,59+,60+,61+,62+,65+,76+/m1/s1. The van der Waals surface area contributed by atoms with Gasteiger partial charge in [0.15, 0.2) is 0 Å². The summed E-state index contributed by atoms with van der Waals surface area (Å²) < 4.78 is 57.6. The van der Waals surface area contributed by atoms with E-state index in [1.165, 1.54) is 68.6 Å². The number of aliphatic hydroxyl groups excluding tert-OH is 1. The Morgan fingerprint density at radius 3 is 1.93 bits per heavy atom. The van der Waals surface area contributed by atoms with Gasteiger partial charge in [0.1, 0.15) is 95.8 Å². The number of primary amides is 1. The summed E-state index contributed by atoms with van der Waals surface area (Å²) in [5.41, 5.74) is 12.4. The first-order valence-corrected chi connectivity index (χ1v) is 36.4. The molecule has 6 heterocycles. The smallest absolute Gasteiger partial charge is 0.246 e. The van der Waals surface area contributed by atoms with Crippen molar-refractivity contribution in [3.63, 3.8) is 0 Å². The third-order valence-electron chi connectivity index (χ3n) is 19.7. The van der Waals surface area contributed by atoms with Crippen molar-refractivity contribution in [2.45, 2.75) is 184 Å². The van der Waals surface area contributed by atoms with E-state index < -0.39 is 187 Å². The fourth-order valence-corrected chi connectivity index (χ4v) is 13.7. The second kappa shape index (κ2) is 37.1. The quantitative estimate of drug-likeness (QED) is 0.0481. The highest BCUT2D eigenvalue weighted by Crippen LogP contribution is 2.32. The highest BCUT2D eigenvalue weighted by atomic mass is 19.1. The molecule has 33 heteroatoms. The van der Waals surface area contributed by atoms with Gasteiger partial charge in [-0.1, -0.05) is 38.1 Å². The van der Waals surface area contributed by atoms with Crippen LogP contribution in [0.2, 0.25) is 0 Å². The van der Waals surface area contributed by atoms with E-state index in [0.29, 0.717) is 40.1 Å². The Labute approximate surface area is 626 Å². The highest BCUT2D eigenvalue weighted by molar-refractivity contribution is 6.01. The maximum Gasteiger partial charge on any atom is 0.246 e. The van der Waals surface area contributed by atoms with Gasteiger partial charge in [0.2, 0.25) is 70.9 Å². The number of carbonyl (C=O) groups excluding carboxylic acids is 12. The molecule has 12 amide bonds. The second-order valence-electron chi connectivity index (χ2n) is 28.6. The normalized spacial score (nSPS) is 24.9. The lowest BCUT2D eigenvalue weighted by molar-refractivity contribution is -0.147. The molecule has 2 aromatic heterocycles. The van der Waals surface area contributed by atoms with Crippen LogP contribution in [-0.4, -0.2) is 208 Å². The molecule has 4 aromatic carbocycles. The summed E-state index contributed by atoms with van der Waals surface area (Å²) >= 11 is 0. The number of hydrogen-bond acceptors (Lipinski definition) is 16. The van der Waals surface area contributed by atoms with Gasteiger partial charge in [0.25, 0.3) is 0 Å². The Balaban J connectivity index is 1.07. The second-order valence-corrected chi connectivity index (χ2v) is 28.6. The van der Waals surface area contributed by atoms with Gasteiger partial charge in [-0.2, -0.15) is 0 Å². The zero-order valence-corrected chi connectivity index (χ0v) is 61.5. The molecule has 2 fully saturated rings. The fourth-order valence-electron chi connectivity index (χ4n) is 13.7. The van der Waals surface area contributed by atoms with E-state index in [4.69, 9.17) is 20.9 Å². The molecular weight excluding hydrogens is 1420 g/mol. The van der Waals surface area contributed by atoms with Crippen molar-refractivity contribution >= 4 is 92.7 Å². The first-order valence-electron chi connectivity index (χ1n) is 36.4. The molecule has 4 aliphatic heterocycles. The van der Waals surface area contributed by atoms with Crippen LogP contribution in [0.5, 0.6) is 11.5 Å². The van der Waals surface area contributed by atoms with Gasteiger partial charge in [0, 0.05) is 79.3 Å². The van der Waals surface area contributed by atoms with Crippen molar-refractivity contribution in [2.24, 2.45) is 17.4 Å². The number of benzene rings is 4. The highest BCUT2D eigenvalue weighted by Gasteiger charge is 2.50. The maximum absolute atomic E-state index is 16.2. The fraction of sp³-hybridized carbons (Fsp3) is 0.474. The van der Waals surface area contributed by atoms with Crippen LogP contribution < -0.4 is 68.8 Å². The molecule has 16 N–H and O–H groups in total. The molecule has 12 atom stereocenters. The molecule has 30 nitrogen and oxygen atoms in total. The number of aliphatic hydroxyl groups is 1. The molecule has 0 saturated carbocycles. The van der Waals surface area contributed by atoms with Crippen LogP contribution in [-0.2, 0) is 83.2 Å². The molecule has 0 aliphatic carbocycles. The first-order chi connectivity index (χ1) is 51.9. The Morgan fingerprint density at radius 1 is 0.706 bits per heavy atom. The third-order valence-corrected chi connectivity index (χ3v) is 19.7. The number of hydrogen-bond donors (Lipinski definition) is 14. The van der Waals surface area contributed by atoms with Crippen LogP contribution in [0, 0.1) is 17.6 Å². The number of ether oxygens (including phenoxy) is 2. The lowest BCUT2D eigenvalue weighted by atomic mass is 9.94. The Kier molecular flexibility index (Phi) is 27.9. The minimum absolute atomic E-state index is 0.0142. The molecule has 109 heavy (non-hydrogen) atoms. The topological polar surface area (TPSA) is 442 Å². The number of fused-ring (bicyclic) bond motifs is 32. The van der Waals surface area contributed by atoms with Gasteiger partial charge in [-0.15, -0.1) is 0 Å². The van der Waals surface area contributed by atoms with E-state index in [2.05, 4.69) is 57.8 Å². The number of halogens is 3. The number of H-pyrrole nitrogens is 2.